The van der Waals surface area contributed by atoms with Crippen LogP contribution in [-0.2, 0) is 4.74 Å². The predicted octanol–water partition coefficient (Wildman–Crippen LogP) is 4.13. The van der Waals surface area contributed by atoms with Crippen LogP contribution in [0.15, 0.2) is 24.4 Å². The number of hydrogen-bond donors (Lipinski definition) is 1. The summed E-state index contributed by atoms with van der Waals surface area (Å²) in [4.78, 5) is 17.9. The fourth-order valence-electron chi connectivity index (χ4n) is 2.96. The van der Waals surface area contributed by atoms with Gasteiger partial charge in [0.2, 0.25) is 0 Å². The summed E-state index contributed by atoms with van der Waals surface area (Å²) in [7, 11) is 0. The summed E-state index contributed by atoms with van der Waals surface area (Å²) in [6, 6.07) is 5.04. The molecule has 0 saturated carbocycles. The Kier molecular flexibility index (Phi) is 4.73. The number of hydrogen-bond acceptors (Lipinski definition) is 4. The van der Waals surface area contributed by atoms with Crippen molar-refractivity contribution >= 4 is 34.3 Å². The summed E-state index contributed by atoms with van der Waals surface area (Å²) in [6.07, 6.45) is 1.76. The van der Waals surface area contributed by atoms with Crippen molar-refractivity contribution in [3.63, 3.8) is 0 Å². The molecule has 0 aliphatic carbocycles. The van der Waals surface area contributed by atoms with E-state index in [9.17, 15) is 9.18 Å². The zero-order valence-corrected chi connectivity index (χ0v) is 15.2. The highest BCUT2D eigenvalue weighted by atomic mass is 35.5. The van der Waals surface area contributed by atoms with Crippen molar-refractivity contribution in [2.45, 2.75) is 38.8 Å². The Labute approximate surface area is 151 Å². The summed E-state index contributed by atoms with van der Waals surface area (Å²) >= 11 is 6.09. The molecule has 25 heavy (non-hydrogen) atoms. The fourth-order valence-corrected chi connectivity index (χ4v) is 3.16. The van der Waals surface area contributed by atoms with Gasteiger partial charge in [-0.3, -0.25) is 4.98 Å². The van der Waals surface area contributed by atoms with Crippen LogP contribution in [0.1, 0.15) is 27.2 Å². The van der Waals surface area contributed by atoms with E-state index in [1.54, 1.807) is 18.2 Å². The fraction of sp³-hybridized carbons (Fsp3) is 0.444. The third-order valence-corrected chi connectivity index (χ3v) is 4.36. The average molecular weight is 366 g/mol. The van der Waals surface area contributed by atoms with Crippen molar-refractivity contribution in [2.24, 2.45) is 0 Å². The first-order valence-electron chi connectivity index (χ1n) is 8.22. The average Bonchev–Trinajstić information content (AvgIpc) is 2.94. The van der Waals surface area contributed by atoms with Gasteiger partial charge in [0.1, 0.15) is 11.1 Å². The third kappa shape index (κ3) is 3.95. The number of benzene rings is 1. The first-order chi connectivity index (χ1) is 11.7. The van der Waals surface area contributed by atoms with E-state index < -0.39 is 17.5 Å². The summed E-state index contributed by atoms with van der Waals surface area (Å²) in [5.41, 5.74) is 0.182. The molecular weight excluding hydrogens is 345 g/mol. The lowest BCUT2D eigenvalue weighted by molar-refractivity contribution is 0.0509. The monoisotopic (exact) mass is 365 g/mol. The number of pyridine rings is 1. The van der Waals surface area contributed by atoms with Crippen molar-refractivity contribution in [3.05, 3.63) is 35.2 Å². The van der Waals surface area contributed by atoms with Crippen LogP contribution in [0.25, 0.3) is 10.9 Å². The summed E-state index contributed by atoms with van der Waals surface area (Å²) in [5, 5.41) is 3.90. The van der Waals surface area contributed by atoms with Gasteiger partial charge in [-0.25, -0.2) is 9.18 Å². The van der Waals surface area contributed by atoms with E-state index in [0.717, 1.165) is 6.42 Å². The molecule has 2 aromatic rings. The molecular formula is C18H21ClFN3O2. The second kappa shape index (κ2) is 6.67. The maximum absolute atomic E-state index is 14.8. The SMILES string of the molecule is CC(C)(C)OC(=O)N[C@H]1CCN(c2ccc3c(Cl)ccnc3c2F)C1. The number of rotatable bonds is 2. The van der Waals surface area contributed by atoms with Gasteiger partial charge >= 0.3 is 6.09 Å². The number of carbonyl (C=O) groups is 1. The highest BCUT2D eigenvalue weighted by Crippen LogP contribution is 2.31. The number of nitrogens with zero attached hydrogens (tertiary/aromatic N) is 2. The van der Waals surface area contributed by atoms with Crippen LogP contribution in [0, 0.1) is 5.82 Å². The second-order valence-corrected chi connectivity index (χ2v) is 7.57. The molecule has 1 amide bonds. The Morgan fingerprint density at radius 2 is 2.16 bits per heavy atom. The minimum Gasteiger partial charge on any atom is -0.444 e. The second-order valence-electron chi connectivity index (χ2n) is 7.17. The normalized spacial score (nSPS) is 17.8. The molecule has 1 aliphatic heterocycles. The molecule has 1 aromatic heterocycles. The lowest BCUT2D eigenvalue weighted by atomic mass is 10.2. The van der Waals surface area contributed by atoms with Crippen LogP contribution in [0.4, 0.5) is 14.9 Å². The van der Waals surface area contributed by atoms with Crippen molar-refractivity contribution in [2.75, 3.05) is 18.0 Å². The van der Waals surface area contributed by atoms with Crippen molar-refractivity contribution < 1.29 is 13.9 Å². The zero-order valence-electron chi connectivity index (χ0n) is 14.5. The third-order valence-electron chi connectivity index (χ3n) is 4.03. The van der Waals surface area contributed by atoms with Gasteiger partial charge in [0.05, 0.1) is 16.8 Å². The minimum atomic E-state index is -0.544. The topological polar surface area (TPSA) is 54.5 Å². The standard InChI is InChI=1S/C18H21ClFN3O2/c1-18(2,3)25-17(24)22-11-7-9-23(10-11)14-5-4-12-13(19)6-8-21-16(12)15(14)20/h4-6,8,11H,7,9-10H2,1-3H3,(H,22,24)/t11-/m0/s1. The molecule has 0 spiro atoms. The Hall–Kier alpha value is -2.08. The molecule has 2 heterocycles. The van der Waals surface area contributed by atoms with Crippen LogP contribution < -0.4 is 10.2 Å². The van der Waals surface area contributed by atoms with E-state index in [2.05, 4.69) is 10.3 Å². The quantitative estimate of drug-likeness (QED) is 0.869. The number of alkyl carbamates (subject to hydrolysis) is 1. The van der Waals surface area contributed by atoms with Crippen molar-refractivity contribution in [3.8, 4) is 0 Å². The van der Waals surface area contributed by atoms with Crippen LogP contribution in [-0.4, -0.2) is 35.8 Å². The molecule has 1 atom stereocenters. The molecule has 1 aliphatic rings. The number of halogens is 2. The van der Waals surface area contributed by atoms with E-state index in [-0.39, 0.29) is 11.6 Å². The van der Waals surface area contributed by atoms with Gasteiger partial charge in [-0.1, -0.05) is 11.6 Å². The minimum absolute atomic E-state index is 0.0859. The smallest absolute Gasteiger partial charge is 0.407 e. The molecule has 5 nitrogen and oxygen atoms in total. The Morgan fingerprint density at radius 3 is 2.88 bits per heavy atom. The molecule has 1 N–H and O–H groups in total. The van der Waals surface area contributed by atoms with Gasteiger partial charge < -0.3 is 15.0 Å². The Balaban J connectivity index is 1.73. The van der Waals surface area contributed by atoms with E-state index in [4.69, 9.17) is 16.3 Å². The van der Waals surface area contributed by atoms with Crippen LogP contribution in [0.3, 0.4) is 0 Å². The van der Waals surface area contributed by atoms with Crippen molar-refractivity contribution in [1.82, 2.24) is 10.3 Å². The lowest BCUT2D eigenvalue weighted by Gasteiger charge is -2.23. The number of aromatic nitrogens is 1. The summed E-state index contributed by atoms with van der Waals surface area (Å²) in [5.74, 6) is -0.391. The Bertz CT molecular complexity index is 807. The van der Waals surface area contributed by atoms with E-state index >= 15 is 0 Å². The number of ether oxygens (including phenoxy) is 1. The molecule has 0 unspecified atom stereocenters. The first kappa shape index (κ1) is 17.7. The van der Waals surface area contributed by atoms with E-state index in [1.807, 2.05) is 25.7 Å². The first-order valence-corrected chi connectivity index (χ1v) is 8.59. The van der Waals surface area contributed by atoms with Gasteiger partial charge in [0, 0.05) is 24.7 Å². The van der Waals surface area contributed by atoms with Crippen molar-refractivity contribution in [1.29, 1.82) is 0 Å². The molecule has 134 valence electrons. The van der Waals surface area contributed by atoms with Crippen LogP contribution in [0.2, 0.25) is 5.02 Å². The molecule has 1 aromatic carbocycles. The maximum Gasteiger partial charge on any atom is 0.407 e. The largest absolute Gasteiger partial charge is 0.444 e. The van der Waals surface area contributed by atoms with Gasteiger partial charge in [0.15, 0.2) is 5.82 Å². The molecule has 1 saturated heterocycles. The molecule has 1 fully saturated rings. The van der Waals surface area contributed by atoms with Gasteiger partial charge in [0.25, 0.3) is 0 Å². The van der Waals surface area contributed by atoms with Gasteiger partial charge in [-0.2, -0.15) is 0 Å². The number of amides is 1. The van der Waals surface area contributed by atoms with E-state index in [0.29, 0.717) is 29.2 Å². The number of fused-ring (bicyclic) bond motifs is 1. The van der Waals surface area contributed by atoms with E-state index in [1.165, 1.54) is 6.20 Å². The molecule has 3 rings (SSSR count). The molecule has 0 radical (unpaired) electrons. The highest BCUT2D eigenvalue weighted by Gasteiger charge is 2.28. The number of carbonyl (C=O) groups excluding carboxylic acids is 1. The highest BCUT2D eigenvalue weighted by molar-refractivity contribution is 6.35. The maximum atomic E-state index is 14.8. The zero-order chi connectivity index (χ0) is 18.2. The van der Waals surface area contributed by atoms with Crippen LogP contribution in [0.5, 0.6) is 0 Å². The number of nitrogens with one attached hydrogen (secondary N) is 1. The number of anilines is 1. The summed E-state index contributed by atoms with van der Waals surface area (Å²) < 4.78 is 20.1. The molecule has 0 bridgehead atoms. The lowest BCUT2D eigenvalue weighted by Crippen LogP contribution is -2.40. The summed E-state index contributed by atoms with van der Waals surface area (Å²) in [6.45, 7) is 6.61. The van der Waals surface area contributed by atoms with Gasteiger partial charge in [-0.15, -0.1) is 0 Å². The Morgan fingerprint density at radius 1 is 1.40 bits per heavy atom. The predicted molar refractivity (Wildman–Crippen MR) is 96.7 cm³/mol. The molecule has 7 heteroatoms. The van der Waals surface area contributed by atoms with Gasteiger partial charge in [-0.05, 0) is 45.4 Å². The van der Waals surface area contributed by atoms with Crippen LogP contribution >= 0.6 is 11.6 Å².